The number of hydrogen-bond acceptors (Lipinski definition) is 7. The Morgan fingerprint density at radius 3 is 3.05 bits per heavy atom. The summed E-state index contributed by atoms with van der Waals surface area (Å²) >= 11 is 0. The summed E-state index contributed by atoms with van der Waals surface area (Å²) in [4.78, 5) is 8.25. The van der Waals surface area contributed by atoms with E-state index in [1.165, 1.54) is 0 Å². The van der Waals surface area contributed by atoms with Gasteiger partial charge in [0.25, 0.3) is 0 Å². The summed E-state index contributed by atoms with van der Waals surface area (Å²) in [5.41, 5.74) is 0.767. The molecule has 3 heterocycles. The second-order valence-corrected chi connectivity index (χ2v) is 7.11. The minimum atomic E-state index is -2.88. The highest BCUT2D eigenvalue weighted by Gasteiger charge is 2.27. The maximum Gasteiger partial charge on any atom is 0.240 e. The number of imidazole rings is 1. The van der Waals surface area contributed by atoms with Crippen LogP contribution in [-0.4, -0.2) is 45.7 Å². The number of nitrogens with one attached hydrogen (secondary N) is 1. The zero-order valence-corrected chi connectivity index (χ0v) is 11.8. The summed E-state index contributed by atoms with van der Waals surface area (Å²) in [5, 5.41) is 7.02. The van der Waals surface area contributed by atoms with Crippen LogP contribution in [0.5, 0.6) is 0 Å². The summed E-state index contributed by atoms with van der Waals surface area (Å²) in [5.74, 6) is 1.33. The van der Waals surface area contributed by atoms with Crippen LogP contribution in [0.1, 0.15) is 12.3 Å². The number of aromatic nitrogens is 4. The molecule has 1 aliphatic heterocycles. The second-order valence-electron chi connectivity index (χ2n) is 4.88. The molecule has 0 spiro atoms. The quantitative estimate of drug-likeness (QED) is 0.829. The van der Waals surface area contributed by atoms with Gasteiger partial charge in [-0.05, 0) is 6.42 Å². The highest BCUT2D eigenvalue weighted by atomic mass is 32.2. The van der Waals surface area contributed by atoms with E-state index in [0.29, 0.717) is 24.7 Å². The molecule has 1 N–H and O–H groups in total. The van der Waals surface area contributed by atoms with Gasteiger partial charge in [0.2, 0.25) is 11.7 Å². The highest BCUT2D eigenvalue weighted by molar-refractivity contribution is 7.91. The lowest BCUT2D eigenvalue weighted by Gasteiger charge is -2.07. The normalized spacial score (nSPS) is 21.4. The molecule has 3 rings (SSSR count). The van der Waals surface area contributed by atoms with Crippen molar-refractivity contribution in [3.63, 3.8) is 0 Å². The number of hydrogen-bond donors (Lipinski definition) is 1. The molecule has 0 aliphatic carbocycles. The van der Waals surface area contributed by atoms with Gasteiger partial charge in [0.05, 0.1) is 30.6 Å². The third-order valence-electron chi connectivity index (χ3n) is 3.29. The average molecular weight is 297 g/mol. The van der Waals surface area contributed by atoms with Crippen molar-refractivity contribution in [3.05, 3.63) is 18.4 Å². The Bertz CT molecular complexity index is 705. The van der Waals surface area contributed by atoms with Gasteiger partial charge in [-0.25, -0.2) is 13.4 Å². The predicted molar refractivity (Wildman–Crippen MR) is 70.4 cm³/mol. The van der Waals surface area contributed by atoms with Gasteiger partial charge in [0, 0.05) is 13.1 Å². The van der Waals surface area contributed by atoms with Crippen LogP contribution in [0, 0.1) is 0 Å². The maximum atomic E-state index is 11.3. The van der Waals surface area contributed by atoms with Gasteiger partial charge < -0.3 is 14.4 Å². The molecule has 1 fully saturated rings. The van der Waals surface area contributed by atoms with Crippen molar-refractivity contribution in [2.45, 2.75) is 19.0 Å². The van der Waals surface area contributed by atoms with Crippen LogP contribution in [0.4, 0.5) is 0 Å². The highest BCUT2D eigenvalue weighted by Crippen LogP contribution is 2.15. The van der Waals surface area contributed by atoms with Gasteiger partial charge >= 0.3 is 0 Å². The summed E-state index contributed by atoms with van der Waals surface area (Å²) in [6.45, 7) is 0.366. The molecule has 1 saturated heterocycles. The largest absolute Gasteiger partial charge is 0.337 e. The molecule has 108 valence electrons. The van der Waals surface area contributed by atoms with E-state index >= 15 is 0 Å². The summed E-state index contributed by atoms with van der Waals surface area (Å²) < 4.78 is 29.6. The first-order valence-corrected chi connectivity index (χ1v) is 8.09. The fourth-order valence-corrected chi connectivity index (χ4v) is 3.90. The van der Waals surface area contributed by atoms with Gasteiger partial charge in [0.1, 0.15) is 5.69 Å². The molecule has 20 heavy (non-hydrogen) atoms. The van der Waals surface area contributed by atoms with Crippen molar-refractivity contribution in [3.8, 4) is 11.5 Å². The Balaban J connectivity index is 1.62. The SMILES string of the molecule is Cn1cncc1-c1noc(CNC2CCS(=O)(=O)C2)n1. The smallest absolute Gasteiger partial charge is 0.240 e. The van der Waals surface area contributed by atoms with Gasteiger partial charge in [-0.2, -0.15) is 4.98 Å². The molecule has 1 aliphatic rings. The van der Waals surface area contributed by atoms with Crippen LogP contribution in [0.15, 0.2) is 17.0 Å². The Morgan fingerprint density at radius 2 is 2.40 bits per heavy atom. The Hall–Kier alpha value is -1.74. The molecule has 8 nitrogen and oxygen atoms in total. The molecule has 1 atom stereocenters. The monoisotopic (exact) mass is 297 g/mol. The van der Waals surface area contributed by atoms with E-state index in [1.54, 1.807) is 17.1 Å². The van der Waals surface area contributed by atoms with Crippen molar-refractivity contribution in [2.24, 2.45) is 7.05 Å². The third kappa shape index (κ3) is 2.73. The summed E-state index contributed by atoms with van der Waals surface area (Å²) in [7, 11) is -1.03. The molecule has 0 amide bonds. The van der Waals surface area contributed by atoms with E-state index in [1.807, 2.05) is 7.05 Å². The van der Waals surface area contributed by atoms with E-state index < -0.39 is 9.84 Å². The van der Waals surface area contributed by atoms with Gasteiger partial charge in [-0.3, -0.25) is 0 Å². The number of aryl methyl sites for hydroxylation is 1. The molecule has 2 aromatic rings. The van der Waals surface area contributed by atoms with E-state index in [9.17, 15) is 8.42 Å². The minimum Gasteiger partial charge on any atom is -0.337 e. The lowest BCUT2D eigenvalue weighted by molar-refractivity contribution is 0.360. The van der Waals surface area contributed by atoms with Crippen molar-refractivity contribution in [2.75, 3.05) is 11.5 Å². The van der Waals surface area contributed by atoms with E-state index in [4.69, 9.17) is 4.52 Å². The van der Waals surface area contributed by atoms with Crippen molar-refractivity contribution in [1.29, 1.82) is 0 Å². The van der Waals surface area contributed by atoms with Crippen LogP contribution >= 0.6 is 0 Å². The zero-order chi connectivity index (χ0) is 14.2. The van der Waals surface area contributed by atoms with Crippen molar-refractivity contribution >= 4 is 9.84 Å². The topological polar surface area (TPSA) is 103 Å². The number of sulfone groups is 1. The van der Waals surface area contributed by atoms with Gasteiger partial charge in [-0.1, -0.05) is 5.16 Å². The first kappa shape index (κ1) is 13.3. The fraction of sp³-hybridized carbons (Fsp3) is 0.545. The van der Waals surface area contributed by atoms with Crippen LogP contribution in [0.3, 0.4) is 0 Å². The van der Waals surface area contributed by atoms with Crippen LogP contribution in [0.2, 0.25) is 0 Å². The van der Waals surface area contributed by atoms with E-state index in [2.05, 4.69) is 20.4 Å². The Labute approximate surface area is 116 Å². The molecular weight excluding hydrogens is 282 g/mol. The third-order valence-corrected chi connectivity index (χ3v) is 5.06. The second kappa shape index (κ2) is 4.98. The maximum absolute atomic E-state index is 11.3. The van der Waals surface area contributed by atoms with E-state index in [-0.39, 0.29) is 17.5 Å². The molecular formula is C11H15N5O3S. The Kier molecular flexibility index (Phi) is 3.30. The van der Waals surface area contributed by atoms with Crippen LogP contribution in [-0.2, 0) is 23.4 Å². The van der Waals surface area contributed by atoms with Crippen LogP contribution in [0.25, 0.3) is 11.5 Å². The summed E-state index contributed by atoms with van der Waals surface area (Å²) in [6.07, 6.45) is 3.95. The molecule has 0 saturated carbocycles. The zero-order valence-electron chi connectivity index (χ0n) is 11.0. The van der Waals surface area contributed by atoms with E-state index in [0.717, 1.165) is 5.69 Å². The predicted octanol–water partition coefficient (Wildman–Crippen LogP) is -0.253. The fourth-order valence-electron chi connectivity index (χ4n) is 2.19. The molecule has 1 unspecified atom stereocenters. The lowest BCUT2D eigenvalue weighted by atomic mass is 10.3. The van der Waals surface area contributed by atoms with Crippen molar-refractivity contribution in [1.82, 2.24) is 25.0 Å². The standard InChI is InChI=1S/C11H15N5O3S/c1-16-7-12-4-9(16)11-14-10(19-15-11)5-13-8-2-3-20(17,18)6-8/h4,7-8,13H,2-3,5-6H2,1H3. The minimum absolute atomic E-state index is 0.0351. The average Bonchev–Trinajstić information content (AvgIpc) is 3.07. The van der Waals surface area contributed by atoms with Crippen LogP contribution < -0.4 is 5.32 Å². The molecule has 0 bridgehead atoms. The Morgan fingerprint density at radius 1 is 1.55 bits per heavy atom. The number of rotatable bonds is 4. The first-order chi connectivity index (χ1) is 9.53. The molecule has 0 aromatic carbocycles. The first-order valence-electron chi connectivity index (χ1n) is 6.26. The van der Waals surface area contributed by atoms with Crippen molar-refractivity contribution < 1.29 is 12.9 Å². The molecule has 9 heteroatoms. The van der Waals surface area contributed by atoms with Gasteiger partial charge in [-0.15, -0.1) is 0 Å². The molecule has 0 radical (unpaired) electrons. The van der Waals surface area contributed by atoms with Gasteiger partial charge in [0.15, 0.2) is 9.84 Å². The lowest BCUT2D eigenvalue weighted by Crippen LogP contribution is -2.29. The molecule has 2 aromatic heterocycles. The number of nitrogens with zero attached hydrogens (tertiary/aromatic N) is 4. The summed E-state index contributed by atoms with van der Waals surface area (Å²) in [6, 6.07) is -0.0351.